The lowest BCUT2D eigenvalue weighted by Crippen LogP contribution is -2.10. The molecule has 0 radical (unpaired) electrons. The summed E-state index contributed by atoms with van der Waals surface area (Å²) in [5, 5.41) is 0.620. The average molecular weight is 232 g/mol. The molecule has 80 valence electrons. The van der Waals surface area contributed by atoms with Gasteiger partial charge in [0.1, 0.15) is 6.42 Å². The van der Waals surface area contributed by atoms with Crippen LogP contribution in [0, 0.1) is 0 Å². The Kier molecular flexibility index (Phi) is 2.44. The molecule has 0 aliphatic heterocycles. The Balaban J connectivity index is 2.49. The molecule has 1 atom stereocenters. The van der Waals surface area contributed by atoms with Crippen LogP contribution in [0.5, 0.6) is 0 Å². The molecule has 0 fully saturated rings. The molecule has 15 heavy (non-hydrogen) atoms. The zero-order chi connectivity index (χ0) is 11.1. The first-order valence-corrected chi connectivity index (χ1v) is 5.40. The van der Waals surface area contributed by atoms with Gasteiger partial charge in [-0.3, -0.25) is 0 Å². The summed E-state index contributed by atoms with van der Waals surface area (Å²) in [6, 6.07) is 7.99. The van der Waals surface area contributed by atoms with Crippen LogP contribution in [0.25, 0.3) is 10.1 Å². The molecule has 0 saturated heterocycles. The van der Waals surface area contributed by atoms with Crippen molar-refractivity contribution in [1.82, 2.24) is 0 Å². The topological polar surface area (TPSA) is 23.1 Å². The Morgan fingerprint density at radius 2 is 1.87 bits per heavy atom. The van der Waals surface area contributed by atoms with Crippen molar-refractivity contribution in [3.8, 4) is 0 Å². The third kappa shape index (κ3) is 2.13. The van der Waals surface area contributed by atoms with E-state index in [9.17, 15) is 17.7 Å². The molecule has 0 N–H and O–H groups in total. The van der Waals surface area contributed by atoms with Gasteiger partial charge in [-0.1, -0.05) is 12.1 Å². The minimum absolute atomic E-state index is 0.0660. The van der Waals surface area contributed by atoms with E-state index in [0.29, 0.717) is 10.1 Å². The quantitative estimate of drug-likeness (QED) is 0.688. The molecular formula is C10H7F3OS. The molecule has 5 heteroatoms. The van der Waals surface area contributed by atoms with Crippen molar-refractivity contribution in [1.29, 1.82) is 0 Å². The minimum Gasteiger partial charge on any atom is -0.590 e. The van der Waals surface area contributed by atoms with Crippen LogP contribution in [0.1, 0.15) is 4.88 Å². The monoisotopic (exact) mass is 232 g/mol. The molecule has 2 rings (SSSR count). The van der Waals surface area contributed by atoms with Crippen molar-refractivity contribution in [3.05, 3.63) is 35.2 Å². The molecule has 0 amide bonds. The van der Waals surface area contributed by atoms with Crippen molar-refractivity contribution >= 4 is 20.8 Å². The number of rotatable bonds is 1. The fourth-order valence-corrected chi connectivity index (χ4v) is 2.81. The maximum Gasteiger partial charge on any atom is 0.397 e. The lowest BCUT2D eigenvalue weighted by molar-refractivity contribution is -0.126. The molecule has 1 nitrogen and oxygen atoms in total. The molecule has 1 aromatic heterocycles. The Morgan fingerprint density at radius 3 is 2.47 bits per heavy atom. The molecule has 0 spiro atoms. The molecule has 1 aromatic carbocycles. The smallest absolute Gasteiger partial charge is 0.397 e. The molecule has 0 aliphatic rings. The Labute approximate surface area is 87.0 Å². The molecule has 2 aromatic rings. The van der Waals surface area contributed by atoms with Crippen molar-refractivity contribution in [2.45, 2.75) is 12.6 Å². The van der Waals surface area contributed by atoms with Crippen LogP contribution in [0.2, 0.25) is 0 Å². The van der Waals surface area contributed by atoms with E-state index in [0.717, 1.165) is 0 Å². The van der Waals surface area contributed by atoms with Crippen molar-refractivity contribution in [3.63, 3.8) is 0 Å². The fourth-order valence-electron chi connectivity index (χ4n) is 1.45. The summed E-state index contributed by atoms with van der Waals surface area (Å²) in [5.74, 6) is 0. The second-order valence-electron chi connectivity index (χ2n) is 3.21. The maximum atomic E-state index is 12.1. The second-order valence-corrected chi connectivity index (χ2v) is 4.71. The van der Waals surface area contributed by atoms with E-state index in [1.54, 1.807) is 24.3 Å². The van der Waals surface area contributed by atoms with E-state index < -0.39 is 23.3 Å². The average Bonchev–Trinajstić information content (AvgIpc) is 2.42. The summed E-state index contributed by atoms with van der Waals surface area (Å²) in [5.41, 5.74) is 0. The Hall–Kier alpha value is -1.07. The van der Waals surface area contributed by atoms with Crippen LogP contribution in [0.3, 0.4) is 0 Å². The van der Waals surface area contributed by atoms with Crippen LogP contribution < -0.4 is 0 Å². The Bertz CT molecular complexity index is 487. The fraction of sp³-hybridized carbons (Fsp3) is 0.200. The molecule has 0 saturated carbocycles. The summed E-state index contributed by atoms with van der Waals surface area (Å²) in [4.78, 5) is -0.0660. The van der Waals surface area contributed by atoms with Gasteiger partial charge in [-0.2, -0.15) is 13.2 Å². The van der Waals surface area contributed by atoms with Gasteiger partial charge in [0, 0.05) is 11.5 Å². The van der Waals surface area contributed by atoms with Crippen molar-refractivity contribution in [2.75, 3.05) is 0 Å². The summed E-state index contributed by atoms with van der Waals surface area (Å²) < 4.78 is 48.5. The van der Waals surface area contributed by atoms with Crippen LogP contribution in [-0.4, -0.2) is 10.7 Å². The highest BCUT2D eigenvalue weighted by molar-refractivity contribution is 7.31. The van der Waals surface area contributed by atoms with Gasteiger partial charge < -0.3 is 4.55 Å². The highest BCUT2D eigenvalue weighted by Crippen LogP contribution is 2.36. The highest BCUT2D eigenvalue weighted by atomic mass is 32.2. The normalized spacial score (nSPS) is 13.5. The van der Waals surface area contributed by atoms with Gasteiger partial charge in [0.05, 0.1) is 0 Å². The molecular weight excluding hydrogens is 225 g/mol. The third-order valence-electron chi connectivity index (χ3n) is 2.05. The van der Waals surface area contributed by atoms with Crippen molar-refractivity contribution in [2.24, 2.45) is 0 Å². The Morgan fingerprint density at radius 1 is 1.20 bits per heavy atom. The van der Waals surface area contributed by atoms with Crippen LogP contribution in [0.4, 0.5) is 13.2 Å². The van der Waals surface area contributed by atoms with Gasteiger partial charge in [0.2, 0.25) is 0 Å². The van der Waals surface area contributed by atoms with E-state index in [2.05, 4.69) is 0 Å². The summed E-state index contributed by atoms with van der Waals surface area (Å²) >= 11 is 0. The van der Waals surface area contributed by atoms with E-state index >= 15 is 0 Å². The molecule has 1 unspecified atom stereocenters. The van der Waals surface area contributed by atoms with Crippen LogP contribution >= 0.6 is 10.8 Å². The third-order valence-corrected chi connectivity index (χ3v) is 3.56. The summed E-state index contributed by atoms with van der Waals surface area (Å²) in [6.07, 6.45) is -5.40. The first-order valence-electron chi connectivity index (χ1n) is 4.25. The number of fused-ring (bicyclic) bond motifs is 1. The first-order chi connectivity index (χ1) is 6.97. The van der Waals surface area contributed by atoms with E-state index in [4.69, 9.17) is 0 Å². The van der Waals surface area contributed by atoms with Gasteiger partial charge >= 0.3 is 6.18 Å². The lowest BCUT2D eigenvalue weighted by Gasteiger charge is -2.02. The standard InChI is InChI=1S/C10H7F3OS/c11-10(12,13)6-8-5-7-3-1-2-4-9(7)15(8)14/h1-5H,6H2. The van der Waals surface area contributed by atoms with Gasteiger partial charge in [-0.15, -0.1) is 0 Å². The number of thiophene rings is 1. The van der Waals surface area contributed by atoms with Crippen LogP contribution in [-0.2, 0) is 6.42 Å². The number of alkyl halides is 3. The minimum atomic E-state index is -4.30. The number of benzene rings is 1. The molecule has 0 aliphatic carbocycles. The highest BCUT2D eigenvalue weighted by Gasteiger charge is 2.32. The van der Waals surface area contributed by atoms with Gasteiger partial charge in [0.15, 0.2) is 9.58 Å². The van der Waals surface area contributed by atoms with Crippen molar-refractivity contribution < 1.29 is 17.7 Å². The maximum absolute atomic E-state index is 12.1. The summed E-state index contributed by atoms with van der Waals surface area (Å²) in [7, 11) is -1.64. The first kappa shape index (κ1) is 10.4. The largest absolute Gasteiger partial charge is 0.590 e. The number of halogens is 3. The summed E-state index contributed by atoms with van der Waals surface area (Å²) in [6.45, 7) is 0. The molecule has 0 bridgehead atoms. The van der Waals surface area contributed by atoms with E-state index in [-0.39, 0.29) is 4.88 Å². The van der Waals surface area contributed by atoms with Gasteiger partial charge in [0.25, 0.3) is 0 Å². The van der Waals surface area contributed by atoms with E-state index in [1.165, 1.54) is 6.07 Å². The van der Waals surface area contributed by atoms with E-state index in [1.807, 2.05) is 0 Å². The zero-order valence-electron chi connectivity index (χ0n) is 7.54. The predicted molar refractivity (Wildman–Crippen MR) is 52.4 cm³/mol. The number of hydrogen-bond acceptors (Lipinski definition) is 1. The second kappa shape index (κ2) is 3.50. The van der Waals surface area contributed by atoms with Gasteiger partial charge in [-0.05, 0) is 22.9 Å². The van der Waals surface area contributed by atoms with Crippen LogP contribution in [0.15, 0.2) is 30.3 Å². The number of hydrogen-bond donors (Lipinski definition) is 0. The SMILES string of the molecule is [O-][s+]1c(CC(F)(F)F)cc2ccccc21. The van der Waals surface area contributed by atoms with Gasteiger partial charge in [-0.25, -0.2) is 0 Å². The zero-order valence-corrected chi connectivity index (χ0v) is 8.36. The molecule has 1 heterocycles. The predicted octanol–water partition coefficient (Wildman–Crippen LogP) is 3.67. The lowest BCUT2D eigenvalue weighted by atomic mass is 10.2.